The van der Waals surface area contributed by atoms with Crippen LogP contribution in [0, 0.1) is 6.92 Å². The molecule has 1 heteroatoms. The van der Waals surface area contributed by atoms with E-state index in [0.29, 0.717) is 6.42 Å². The first-order chi connectivity index (χ1) is 12.2. The molecule has 0 aromatic heterocycles. The molecule has 0 aliphatic rings. The highest BCUT2D eigenvalue weighted by atomic mass is 16.1. The molecule has 3 aromatic rings. The van der Waals surface area contributed by atoms with E-state index in [1.54, 1.807) is 0 Å². The van der Waals surface area contributed by atoms with Crippen LogP contribution in [0.15, 0.2) is 91.0 Å². The Morgan fingerprint density at radius 3 is 1.92 bits per heavy atom. The minimum Gasteiger partial charge on any atom is -0.294 e. The number of hydrogen-bond acceptors (Lipinski definition) is 1. The largest absolute Gasteiger partial charge is 0.294 e. The summed E-state index contributed by atoms with van der Waals surface area (Å²) in [5.74, 6) is 0.138. The lowest BCUT2D eigenvalue weighted by Gasteiger charge is -2.09. The summed E-state index contributed by atoms with van der Waals surface area (Å²) >= 11 is 0. The summed E-state index contributed by atoms with van der Waals surface area (Å²) in [5, 5.41) is 0. The van der Waals surface area contributed by atoms with Crippen molar-refractivity contribution < 1.29 is 4.79 Å². The number of ketones is 1. The highest BCUT2D eigenvalue weighted by Gasteiger charge is 2.07. The van der Waals surface area contributed by atoms with E-state index in [9.17, 15) is 4.79 Å². The number of rotatable bonds is 6. The van der Waals surface area contributed by atoms with Crippen molar-refractivity contribution in [2.45, 2.75) is 19.8 Å². The van der Waals surface area contributed by atoms with Crippen LogP contribution in [0.25, 0.3) is 5.57 Å². The van der Waals surface area contributed by atoms with Gasteiger partial charge < -0.3 is 0 Å². The van der Waals surface area contributed by atoms with Gasteiger partial charge in [0.15, 0.2) is 5.78 Å². The number of allylic oxidation sites excluding steroid dienone is 2. The molecule has 0 heterocycles. The van der Waals surface area contributed by atoms with Crippen molar-refractivity contribution in [2.75, 3.05) is 0 Å². The molecular weight excluding hydrogens is 304 g/mol. The van der Waals surface area contributed by atoms with E-state index in [0.717, 1.165) is 23.1 Å². The molecule has 25 heavy (non-hydrogen) atoms. The predicted octanol–water partition coefficient (Wildman–Crippen LogP) is 5.43. The molecule has 0 fully saturated rings. The topological polar surface area (TPSA) is 17.1 Å². The van der Waals surface area contributed by atoms with Gasteiger partial charge in [-0.15, -0.1) is 0 Å². The van der Waals surface area contributed by atoms with Crippen molar-refractivity contribution in [3.8, 4) is 0 Å². The Hall–Kier alpha value is -2.93. The maximum absolute atomic E-state index is 12.6. The second-order valence-electron chi connectivity index (χ2n) is 6.33. The van der Waals surface area contributed by atoms with Crippen molar-refractivity contribution in [2.24, 2.45) is 0 Å². The monoisotopic (exact) mass is 326 g/mol. The molecular formula is C24H22O. The first-order valence-electron chi connectivity index (χ1n) is 8.59. The predicted molar refractivity (Wildman–Crippen MR) is 104 cm³/mol. The highest BCUT2D eigenvalue weighted by Crippen LogP contribution is 2.20. The fourth-order valence-electron chi connectivity index (χ4n) is 2.86. The number of aryl methyl sites for hydroxylation is 1. The number of carbonyl (C=O) groups excluding carboxylic acids is 1. The molecule has 0 N–H and O–H groups in total. The average molecular weight is 326 g/mol. The van der Waals surface area contributed by atoms with Crippen LogP contribution in [0.4, 0.5) is 0 Å². The first kappa shape index (κ1) is 16.9. The highest BCUT2D eigenvalue weighted by molar-refractivity contribution is 5.98. The summed E-state index contributed by atoms with van der Waals surface area (Å²) in [6.45, 7) is 2.05. The summed E-state index contributed by atoms with van der Waals surface area (Å²) < 4.78 is 0. The number of hydrogen-bond donors (Lipinski definition) is 0. The van der Waals surface area contributed by atoms with Crippen LogP contribution >= 0.6 is 0 Å². The van der Waals surface area contributed by atoms with Crippen LogP contribution in [-0.4, -0.2) is 5.78 Å². The normalized spacial score (nSPS) is 11.3. The third-order valence-corrected chi connectivity index (χ3v) is 4.22. The lowest BCUT2D eigenvalue weighted by Crippen LogP contribution is -2.02. The third-order valence-electron chi connectivity index (χ3n) is 4.22. The van der Waals surface area contributed by atoms with E-state index in [2.05, 4.69) is 43.3 Å². The summed E-state index contributed by atoms with van der Waals surface area (Å²) in [5.41, 5.74) is 5.63. The molecule has 3 aromatic carbocycles. The van der Waals surface area contributed by atoms with Gasteiger partial charge in [0.1, 0.15) is 0 Å². The maximum atomic E-state index is 12.6. The maximum Gasteiger partial charge on any atom is 0.160 e. The van der Waals surface area contributed by atoms with Crippen LogP contribution in [0.5, 0.6) is 0 Å². The second-order valence-corrected chi connectivity index (χ2v) is 6.33. The third kappa shape index (κ3) is 5.02. The van der Waals surface area contributed by atoms with E-state index in [1.165, 1.54) is 11.1 Å². The summed E-state index contributed by atoms with van der Waals surface area (Å²) in [6, 6.07) is 28.6. The average Bonchev–Trinajstić information content (AvgIpc) is 2.65. The molecule has 0 bridgehead atoms. The fraction of sp³-hybridized carbons (Fsp3) is 0.125. The molecule has 0 aliphatic carbocycles. The van der Waals surface area contributed by atoms with Gasteiger partial charge in [0.2, 0.25) is 0 Å². The van der Waals surface area contributed by atoms with Gasteiger partial charge in [-0.2, -0.15) is 0 Å². The number of benzene rings is 3. The standard InChI is InChI=1S/C24H22O/c1-19-12-14-21(15-13-19)17-24(25)18-23(22-10-6-3-7-11-22)16-20-8-4-2-5-9-20/h2-15,18H,16-17H2,1H3/b23-18+. The Bertz CT molecular complexity index is 844. The molecule has 0 radical (unpaired) electrons. The van der Waals surface area contributed by atoms with Crippen molar-refractivity contribution in [1.82, 2.24) is 0 Å². The van der Waals surface area contributed by atoms with Crippen molar-refractivity contribution in [3.05, 3.63) is 113 Å². The molecule has 0 atom stereocenters. The quantitative estimate of drug-likeness (QED) is 0.552. The Kier molecular flexibility index (Phi) is 5.58. The van der Waals surface area contributed by atoms with Gasteiger partial charge in [-0.1, -0.05) is 90.5 Å². The Balaban J connectivity index is 1.83. The smallest absolute Gasteiger partial charge is 0.160 e. The van der Waals surface area contributed by atoms with Crippen molar-refractivity contribution >= 4 is 11.4 Å². The molecule has 3 rings (SSSR count). The van der Waals surface area contributed by atoms with Gasteiger partial charge in [0, 0.05) is 6.42 Å². The SMILES string of the molecule is Cc1ccc(CC(=O)/C=C(\Cc2ccccc2)c2ccccc2)cc1. The molecule has 124 valence electrons. The molecule has 0 saturated carbocycles. The van der Waals surface area contributed by atoms with E-state index in [-0.39, 0.29) is 5.78 Å². The van der Waals surface area contributed by atoms with Crippen molar-refractivity contribution in [1.29, 1.82) is 0 Å². The lowest BCUT2D eigenvalue weighted by molar-refractivity contribution is -0.113. The van der Waals surface area contributed by atoms with E-state index >= 15 is 0 Å². The summed E-state index contributed by atoms with van der Waals surface area (Å²) in [6.07, 6.45) is 3.00. The molecule has 0 spiro atoms. The zero-order chi connectivity index (χ0) is 17.5. The van der Waals surface area contributed by atoms with Gasteiger partial charge in [0.25, 0.3) is 0 Å². The van der Waals surface area contributed by atoms with Crippen molar-refractivity contribution in [3.63, 3.8) is 0 Å². The van der Waals surface area contributed by atoms with Crippen LogP contribution in [0.1, 0.15) is 22.3 Å². The Labute approximate surface area is 149 Å². The number of carbonyl (C=O) groups is 1. The second kappa shape index (κ2) is 8.25. The zero-order valence-corrected chi connectivity index (χ0v) is 14.5. The molecule has 0 unspecified atom stereocenters. The van der Waals surface area contributed by atoms with Crippen LogP contribution in [-0.2, 0) is 17.6 Å². The van der Waals surface area contributed by atoms with Gasteiger partial charge in [-0.3, -0.25) is 4.79 Å². The van der Waals surface area contributed by atoms with Gasteiger partial charge in [-0.25, -0.2) is 0 Å². The minimum atomic E-state index is 0.138. The van der Waals surface area contributed by atoms with Crippen LogP contribution < -0.4 is 0 Å². The van der Waals surface area contributed by atoms with Gasteiger partial charge in [-0.05, 0) is 41.7 Å². The van der Waals surface area contributed by atoms with E-state index in [1.807, 2.05) is 54.6 Å². The lowest BCUT2D eigenvalue weighted by atomic mass is 9.96. The Morgan fingerprint density at radius 1 is 0.720 bits per heavy atom. The minimum absolute atomic E-state index is 0.138. The van der Waals surface area contributed by atoms with E-state index in [4.69, 9.17) is 0 Å². The molecule has 0 amide bonds. The Morgan fingerprint density at radius 2 is 1.28 bits per heavy atom. The molecule has 0 aliphatic heterocycles. The fourth-order valence-corrected chi connectivity index (χ4v) is 2.86. The summed E-state index contributed by atoms with van der Waals surface area (Å²) in [7, 11) is 0. The van der Waals surface area contributed by atoms with Gasteiger partial charge in [0.05, 0.1) is 0 Å². The van der Waals surface area contributed by atoms with Crippen LogP contribution in [0.2, 0.25) is 0 Å². The molecule has 1 nitrogen and oxygen atoms in total. The zero-order valence-electron chi connectivity index (χ0n) is 14.5. The van der Waals surface area contributed by atoms with Gasteiger partial charge >= 0.3 is 0 Å². The summed E-state index contributed by atoms with van der Waals surface area (Å²) in [4.78, 5) is 12.6. The van der Waals surface area contributed by atoms with E-state index < -0.39 is 0 Å². The first-order valence-corrected chi connectivity index (χ1v) is 8.59. The molecule has 0 saturated heterocycles. The van der Waals surface area contributed by atoms with Crippen LogP contribution in [0.3, 0.4) is 0 Å².